The molecule has 0 saturated heterocycles. The number of halogens is 2. The molecule has 1 N–H and O–H groups in total. The molecule has 5 nitrogen and oxygen atoms in total. The zero-order valence-electron chi connectivity index (χ0n) is 10.7. The molecule has 2 aromatic carbocycles. The second kappa shape index (κ2) is 4.82. The van der Waals surface area contributed by atoms with E-state index in [1.807, 2.05) is 0 Å². The summed E-state index contributed by atoms with van der Waals surface area (Å²) in [5, 5.41) is 3.46. The molecule has 106 valence electrons. The summed E-state index contributed by atoms with van der Waals surface area (Å²) in [5.41, 5.74) is 0.827. The van der Waals surface area contributed by atoms with Crippen molar-refractivity contribution in [1.29, 1.82) is 0 Å². The molecule has 2 aromatic rings. The third kappa shape index (κ3) is 2.02. The van der Waals surface area contributed by atoms with E-state index >= 15 is 0 Å². The molecule has 0 atom stereocenters. The normalized spacial score (nSPS) is 13.3. The average Bonchev–Trinajstić information content (AvgIpc) is 2.44. The third-order valence-electron chi connectivity index (χ3n) is 3.28. The number of hydrogen-bond acceptors (Lipinski definition) is 3. The Bertz CT molecular complexity index is 835. The van der Waals surface area contributed by atoms with Crippen LogP contribution in [0.15, 0.2) is 28.7 Å². The largest absolute Gasteiger partial charge is 0.288 e. The Kier molecular flexibility index (Phi) is 3.22. The number of hydrogen-bond donors (Lipinski definition) is 1. The zero-order valence-corrected chi connectivity index (χ0v) is 13.1. The lowest BCUT2D eigenvalue weighted by Gasteiger charge is -2.23. The first kappa shape index (κ1) is 14.0. The SMILES string of the molecule is CC(=O)N(Cl)c1cc(Br)c2cccc3c2c1C(=O)NC3=O. The predicted molar refractivity (Wildman–Crippen MR) is 82.5 cm³/mol. The van der Waals surface area contributed by atoms with Crippen molar-refractivity contribution >= 4 is 61.9 Å². The summed E-state index contributed by atoms with van der Waals surface area (Å²) >= 11 is 9.36. The molecule has 0 spiro atoms. The van der Waals surface area contributed by atoms with Gasteiger partial charge in [0.05, 0.1) is 11.3 Å². The number of carbonyl (C=O) groups is 3. The summed E-state index contributed by atoms with van der Waals surface area (Å²) in [4.78, 5) is 35.7. The Balaban J connectivity index is 2.49. The average molecular weight is 368 g/mol. The lowest BCUT2D eigenvalue weighted by molar-refractivity contribution is -0.115. The Hall–Kier alpha value is -1.92. The second-order valence-corrected chi connectivity index (χ2v) is 5.76. The van der Waals surface area contributed by atoms with E-state index in [-0.39, 0.29) is 11.3 Å². The highest BCUT2D eigenvalue weighted by Crippen LogP contribution is 2.39. The molecule has 21 heavy (non-hydrogen) atoms. The summed E-state index contributed by atoms with van der Waals surface area (Å²) in [6.45, 7) is 1.29. The van der Waals surface area contributed by atoms with E-state index in [0.29, 0.717) is 20.8 Å². The van der Waals surface area contributed by atoms with Crippen LogP contribution in [-0.2, 0) is 4.79 Å². The predicted octanol–water partition coefficient (Wildman–Crippen LogP) is 2.99. The van der Waals surface area contributed by atoms with Gasteiger partial charge in [-0.15, -0.1) is 0 Å². The zero-order chi connectivity index (χ0) is 15.3. The number of rotatable bonds is 1. The van der Waals surface area contributed by atoms with Crippen LogP contribution in [0.5, 0.6) is 0 Å². The van der Waals surface area contributed by atoms with Crippen molar-refractivity contribution in [1.82, 2.24) is 5.32 Å². The minimum absolute atomic E-state index is 0.216. The minimum atomic E-state index is -0.571. The van der Waals surface area contributed by atoms with Gasteiger partial charge in [-0.1, -0.05) is 28.1 Å². The summed E-state index contributed by atoms with van der Waals surface area (Å²) in [6, 6.07) is 6.72. The van der Waals surface area contributed by atoms with Gasteiger partial charge in [0.2, 0.25) is 5.91 Å². The number of carbonyl (C=O) groups excluding carboxylic acids is 3. The molecule has 0 aromatic heterocycles. The van der Waals surface area contributed by atoms with Gasteiger partial charge in [0.25, 0.3) is 11.8 Å². The maximum Gasteiger partial charge on any atom is 0.260 e. The summed E-state index contributed by atoms with van der Waals surface area (Å²) in [6.07, 6.45) is 0. The Labute approximate surface area is 133 Å². The van der Waals surface area contributed by atoms with Crippen LogP contribution in [0.2, 0.25) is 0 Å². The van der Waals surface area contributed by atoms with Gasteiger partial charge in [0.15, 0.2) is 0 Å². The highest BCUT2D eigenvalue weighted by atomic mass is 79.9. The van der Waals surface area contributed by atoms with Gasteiger partial charge >= 0.3 is 0 Å². The fourth-order valence-corrected chi connectivity index (χ4v) is 3.08. The molecule has 0 unspecified atom stereocenters. The molecule has 0 aliphatic carbocycles. The van der Waals surface area contributed by atoms with Crippen molar-refractivity contribution in [2.75, 3.05) is 4.42 Å². The van der Waals surface area contributed by atoms with Gasteiger partial charge in [-0.05, 0) is 17.5 Å². The highest BCUT2D eigenvalue weighted by molar-refractivity contribution is 9.10. The van der Waals surface area contributed by atoms with Crippen molar-refractivity contribution in [2.45, 2.75) is 6.92 Å². The maximum absolute atomic E-state index is 12.2. The van der Waals surface area contributed by atoms with E-state index in [1.165, 1.54) is 6.92 Å². The number of imide groups is 1. The molecule has 0 saturated carbocycles. The molecule has 0 bridgehead atoms. The second-order valence-electron chi connectivity index (χ2n) is 4.56. The van der Waals surface area contributed by atoms with Gasteiger partial charge in [-0.3, -0.25) is 19.7 Å². The fourth-order valence-electron chi connectivity index (χ4n) is 2.40. The van der Waals surface area contributed by atoms with Crippen LogP contribution < -0.4 is 9.74 Å². The molecule has 1 heterocycles. The van der Waals surface area contributed by atoms with Gasteiger partial charge in [-0.25, -0.2) is 4.42 Å². The fraction of sp³-hybridized carbons (Fsp3) is 0.0714. The van der Waals surface area contributed by atoms with Crippen LogP contribution >= 0.6 is 27.7 Å². The number of nitrogens with zero attached hydrogens (tertiary/aromatic N) is 1. The van der Waals surface area contributed by atoms with Crippen LogP contribution in [0.4, 0.5) is 5.69 Å². The smallest absolute Gasteiger partial charge is 0.260 e. The lowest BCUT2D eigenvalue weighted by atomic mass is 9.94. The monoisotopic (exact) mass is 366 g/mol. The topological polar surface area (TPSA) is 66.5 Å². The van der Waals surface area contributed by atoms with Crippen LogP contribution in [0.3, 0.4) is 0 Å². The standard InChI is InChI=1S/C14H8BrClN2O3/c1-6(19)18(16)10-5-9(15)7-3-2-4-8-11(7)12(10)14(21)17-13(8)20/h2-5H,1H3,(H,17,20,21). The molecular weight excluding hydrogens is 360 g/mol. The molecule has 1 aliphatic heterocycles. The van der Waals surface area contributed by atoms with E-state index < -0.39 is 17.7 Å². The minimum Gasteiger partial charge on any atom is -0.288 e. The van der Waals surface area contributed by atoms with Gasteiger partial charge in [0.1, 0.15) is 0 Å². The molecule has 3 amide bonds. The van der Waals surface area contributed by atoms with Crippen LogP contribution in [0, 0.1) is 0 Å². The quantitative estimate of drug-likeness (QED) is 0.622. The van der Waals surface area contributed by atoms with E-state index in [2.05, 4.69) is 21.2 Å². The van der Waals surface area contributed by atoms with Crippen molar-refractivity contribution in [3.8, 4) is 0 Å². The van der Waals surface area contributed by atoms with Gasteiger partial charge in [0, 0.05) is 34.1 Å². The van der Waals surface area contributed by atoms with Crippen molar-refractivity contribution in [2.24, 2.45) is 0 Å². The summed E-state index contributed by atoms with van der Waals surface area (Å²) < 4.78 is 1.51. The van der Waals surface area contributed by atoms with E-state index in [9.17, 15) is 14.4 Å². The number of benzene rings is 2. The molecule has 3 rings (SSSR count). The molecule has 0 fully saturated rings. The lowest BCUT2D eigenvalue weighted by Crippen LogP contribution is -2.36. The Morgan fingerprint density at radius 2 is 2.00 bits per heavy atom. The van der Waals surface area contributed by atoms with E-state index in [0.717, 1.165) is 4.42 Å². The molecular formula is C14H8BrClN2O3. The first-order chi connectivity index (χ1) is 9.91. The van der Waals surface area contributed by atoms with Crippen LogP contribution in [-0.4, -0.2) is 17.7 Å². The molecule has 0 radical (unpaired) electrons. The summed E-state index contributed by atoms with van der Waals surface area (Å²) in [5.74, 6) is -1.47. The third-order valence-corrected chi connectivity index (χ3v) is 4.35. The first-order valence-electron chi connectivity index (χ1n) is 5.99. The van der Waals surface area contributed by atoms with Gasteiger partial charge < -0.3 is 0 Å². The number of anilines is 1. The van der Waals surface area contributed by atoms with E-state index in [4.69, 9.17) is 11.8 Å². The van der Waals surface area contributed by atoms with Crippen LogP contribution in [0.1, 0.15) is 27.6 Å². The Morgan fingerprint density at radius 3 is 2.67 bits per heavy atom. The molecule has 1 aliphatic rings. The summed E-state index contributed by atoms with van der Waals surface area (Å²) in [7, 11) is 0. The highest BCUT2D eigenvalue weighted by Gasteiger charge is 2.30. The van der Waals surface area contributed by atoms with Crippen LogP contribution in [0.25, 0.3) is 10.8 Å². The van der Waals surface area contributed by atoms with E-state index in [1.54, 1.807) is 24.3 Å². The molecule has 7 heteroatoms. The number of amides is 3. The number of nitrogens with one attached hydrogen (secondary N) is 1. The Morgan fingerprint density at radius 1 is 1.29 bits per heavy atom. The van der Waals surface area contributed by atoms with Gasteiger partial charge in [-0.2, -0.15) is 0 Å². The first-order valence-corrected chi connectivity index (χ1v) is 7.12. The van der Waals surface area contributed by atoms with Crippen molar-refractivity contribution in [3.05, 3.63) is 39.9 Å². The van der Waals surface area contributed by atoms with Crippen molar-refractivity contribution in [3.63, 3.8) is 0 Å². The maximum atomic E-state index is 12.2. The van der Waals surface area contributed by atoms with Crippen molar-refractivity contribution < 1.29 is 14.4 Å².